The lowest BCUT2D eigenvalue weighted by Crippen LogP contribution is -3.06. The zero-order valence-corrected chi connectivity index (χ0v) is 7.42. The first-order chi connectivity index (χ1) is 5.25. The van der Waals surface area contributed by atoms with Crippen molar-refractivity contribution in [3.8, 4) is 0 Å². The minimum absolute atomic E-state index is 0.505. The second kappa shape index (κ2) is 3.58. The maximum atomic E-state index is 5.33. The van der Waals surface area contributed by atoms with Gasteiger partial charge in [-0.05, 0) is 12.1 Å². The Kier molecular flexibility index (Phi) is 2.71. The van der Waals surface area contributed by atoms with Gasteiger partial charge in [0.15, 0.2) is 5.76 Å². The Bertz CT molecular complexity index is 191. The molecule has 1 atom stereocenters. The van der Waals surface area contributed by atoms with Crippen LogP contribution in [0.3, 0.4) is 0 Å². The largest absolute Gasteiger partial charge is 0.463 e. The van der Waals surface area contributed by atoms with Gasteiger partial charge < -0.3 is 9.32 Å². The second-order valence-corrected chi connectivity index (χ2v) is 3.05. The molecule has 1 aromatic heterocycles. The van der Waals surface area contributed by atoms with Crippen molar-refractivity contribution in [2.24, 2.45) is 0 Å². The molecule has 0 aliphatic rings. The Hall–Kier alpha value is -0.760. The molecule has 0 amide bonds. The topological polar surface area (TPSA) is 17.6 Å². The molecule has 1 heterocycles. The van der Waals surface area contributed by atoms with Gasteiger partial charge in [-0.2, -0.15) is 0 Å². The Labute approximate surface area is 67.8 Å². The van der Waals surface area contributed by atoms with Crippen molar-refractivity contribution in [2.75, 3.05) is 14.1 Å². The summed E-state index contributed by atoms with van der Waals surface area (Å²) in [6, 6.07) is 4.49. The van der Waals surface area contributed by atoms with E-state index in [4.69, 9.17) is 4.42 Å². The fourth-order valence-corrected chi connectivity index (χ4v) is 1.38. The fourth-order valence-electron chi connectivity index (χ4n) is 1.38. The summed E-state index contributed by atoms with van der Waals surface area (Å²) in [6.07, 6.45) is 2.86. The molecule has 0 radical (unpaired) electrons. The van der Waals surface area contributed by atoms with Crippen molar-refractivity contribution < 1.29 is 9.32 Å². The zero-order valence-electron chi connectivity index (χ0n) is 7.42. The molecule has 0 saturated carbocycles. The van der Waals surface area contributed by atoms with Gasteiger partial charge in [-0.3, -0.25) is 0 Å². The van der Waals surface area contributed by atoms with Crippen molar-refractivity contribution in [2.45, 2.75) is 19.4 Å². The fraction of sp³-hybridized carbons (Fsp3) is 0.556. The van der Waals surface area contributed by atoms with Gasteiger partial charge in [0.25, 0.3) is 0 Å². The van der Waals surface area contributed by atoms with Crippen LogP contribution in [0.15, 0.2) is 22.8 Å². The Morgan fingerprint density at radius 3 is 2.64 bits per heavy atom. The quantitative estimate of drug-likeness (QED) is 0.684. The Balaban J connectivity index is 2.71. The highest BCUT2D eigenvalue weighted by Gasteiger charge is 2.17. The third kappa shape index (κ3) is 1.84. The van der Waals surface area contributed by atoms with E-state index >= 15 is 0 Å². The molecule has 0 spiro atoms. The molecule has 0 aliphatic carbocycles. The summed E-state index contributed by atoms with van der Waals surface area (Å²) in [5.74, 6) is 1.09. The third-order valence-corrected chi connectivity index (χ3v) is 1.99. The highest BCUT2D eigenvalue weighted by atomic mass is 16.3. The summed E-state index contributed by atoms with van der Waals surface area (Å²) in [5, 5.41) is 0. The lowest BCUT2D eigenvalue weighted by Gasteiger charge is -2.16. The van der Waals surface area contributed by atoms with Gasteiger partial charge in [0.1, 0.15) is 6.04 Å². The SMILES string of the molecule is CCC(c1ccco1)[NH+](C)C. The van der Waals surface area contributed by atoms with E-state index < -0.39 is 0 Å². The molecule has 1 aromatic rings. The van der Waals surface area contributed by atoms with Crippen LogP contribution in [0.1, 0.15) is 25.1 Å². The molecule has 1 rings (SSSR count). The first-order valence-corrected chi connectivity index (χ1v) is 4.09. The van der Waals surface area contributed by atoms with Crippen molar-refractivity contribution >= 4 is 0 Å². The van der Waals surface area contributed by atoms with Crippen molar-refractivity contribution in [1.29, 1.82) is 0 Å². The molecular weight excluding hydrogens is 138 g/mol. The van der Waals surface area contributed by atoms with Crippen molar-refractivity contribution in [1.82, 2.24) is 0 Å². The molecule has 0 bridgehead atoms. The van der Waals surface area contributed by atoms with Crippen LogP contribution in [-0.2, 0) is 0 Å². The summed E-state index contributed by atoms with van der Waals surface area (Å²) >= 11 is 0. The molecule has 1 unspecified atom stereocenters. The minimum atomic E-state index is 0.505. The van der Waals surface area contributed by atoms with E-state index in [9.17, 15) is 0 Å². The maximum Gasteiger partial charge on any atom is 0.161 e. The normalized spacial score (nSPS) is 13.8. The zero-order chi connectivity index (χ0) is 8.27. The number of quaternary nitrogens is 1. The van der Waals surface area contributed by atoms with E-state index in [1.807, 2.05) is 12.1 Å². The summed E-state index contributed by atoms with van der Waals surface area (Å²) < 4.78 is 5.33. The first-order valence-electron chi connectivity index (χ1n) is 4.09. The van der Waals surface area contributed by atoms with Gasteiger partial charge in [-0.15, -0.1) is 0 Å². The maximum absolute atomic E-state index is 5.33. The average Bonchev–Trinajstić information content (AvgIpc) is 2.40. The molecule has 0 fully saturated rings. The van der Waals surface area contributed by atoms with E-state index in [0.29, 0.717) is 6.04 Å². The molecule has 0 aromatic carbocycles. The van der Waals surface area contributed by atoms with Gasteiger partial charge >= 0.3 is 0 Å². The number of hydrogen-bond donors (Lipinski definition) is 1. The third-order valence-electron chi connectivity index (χ3n) is 1.99. The molecular formula is C9H16NO+. The van der Waals surface area contributed by atoms with E-state index in [1.54, 1.807) is 6.26 Å². The van der Waals surface area contributed by atoms with E-state index in [1.165, 1.54) is 4.90 Å². The number of hydrogen-bond acceptors (Lipinski definition) is 1. The van der Waals surface area contributed by atoms with Crippen LogP contribution < -0.4 is 4.90 Å². The van der Waals surface area contributed by atoms with Crippen LogP contribution in [-0.4, -0.2) is 14.1 Å². The van der Waals surface area contributed by atoms with Crippen molar-refractivity contribution in [3.05, 3.63) is 24.2 Å². The van der Waals surface area contributed by atoms with Crippen LogP contribution in [0, 0.1) is 0 Å². The van der Waals surface area contributed by atoms with Gasteiger partial charge in [-0.1, -0.05) is 6.92 Å². The highest BCUT2D eigenvalue weighted by Crippen LogP contribution is 2.12. The highest BCUT2D eigenvalue weighted by molar-refractivity contribution is 5.01. The van der Waals surface area contributed by atoms with Crippen molar-refractivity contribution in [3.63, 3.8) is 0 Å². The van der Waals surface area contributed by atoms with Gasteiger partial charge in [0.05, 0.1) is 20.4 Å². The molecule has 0 saturated heterocycles. The van der Waals surface area contributed by atoms with Gasteiger partial charge in [0, 0.05) is 6.42 Å². The first kappa shape index (κ1) is 8.34. The summed E-state index contributed by atoms with van der Waals surface area (Å²) in [5.41, 5.74) is 0. The number of furan rings is 1. The van der Waals surface area contributed by atoms with E-state index in [-0.39, 0.29) is 0 Å². The minimum Gasteiger partial charge on any atom is -0.463 e. The molecule has 2 heteroatoms. The number of rotatable bonds is 3. The summed E-state index contributed by atoms with van der Waals surface area (Å²) in [4.78, 5) is 1.42. The number of nitrogens with one attached hydrogen (secondary N) is 1. The molecule has 1 N–H and O–H groups in total. The Morgan fingerprint density at radius 2 is 2.27 bits per heavy atom. The van der Waals surface area contributed by atoms with E-state index in [0.717, 1.165) is 12.2 Å². The lowest BCUT2D eigenvalue weighted by atomic mass is 10.1. The lowest BCUT2D eigenvalue weighted by molar-refractivity contribution is -0.893. The monoisotopic (exact) mass is 154 g/mol. The van der Waals surface area contributed by atoms with Crippen LogP contribution in [0.5, 0.6) is 0 Å². The van der Waals surface area contributed by atoms with E-state index in [2.05, 4.69) is 21.0 Å². The second-order valence-electron chi connectivity index (χ2n) is 3.05. The Morgan fingerprint density at radius 1 is 1.55 bits per heavy atom. The molecule has 11 heavy (non-hydrogen) atoms. The summed E-state index contributed by atoms with van der Waals surface area (Å²) in [6.45, 7) is 2.18. The molecule has 2 nitrogen and oxygen atoms in total. The predicted molar refractivity (Wildman–Crippen MR) is 44.6 cm³/mol. The molecule has 62 valence electrons. The average molecular weight is 154 g/mol. The van der Waals surface area contributed by atoms with Crippen LogP contribution in [0.25, 0.3) is 0 Å². The van der Waals surface area contributed by atoms with Crippen LogP contribution >= 0.6 is 0 Å². The van der Waals surface area contributed by atoms with Crippen LogP contribution in [0.4, 0.5) is 0 Å². The molecule has 0 aliphatic heterocycles. The van der Waals surface area contributed by atoms with Gasteiger partial charge in [-0.25, -0.2) is 0 Å². The van der Waals surface area contributed by atoms with Crippen LogP contribution in [0.2, 0.25) is 0 Å². The predicted octanol–water partition coefficient (Wildman–Crippen LogP) is 0.875. The standard InChI is InChI=1S/C9H15NO/c1-4-8(10(2)3)9-6-5-7-11-9/h5-8H,4H2,1-3H3/p+1. The smallest absolute Gasteiger partial charge is 0.161 e. The summed E-state index contributed by atoms with van der Waals surface area (Å²) in [7, 11) is 4.30. The van der Waals surface area contributed by atoms with Gasteiger partial charge in [0.2, 0.25) is 0 Å².